The summed E-state index contributed by atoms with van der Waals surface area (Å²) < 4.78 is 14.8. The summed E-state index contributed by atoms with van der Waals surface area (Å²) in [6.45, 7) is 5.52. The molecule has 30 heavy (non-hydrogen) atoms. The predicted octanol–water partition coefficient (Wildman–Crippen LogP) is 3.16. The van der Waals surface area contributed by atoms with Gasteiger partial charge in [0.2, 0.25) is 0 Å². The normalized spacial score (nSPS) is 11.9. The molecule has 0 aliphatic carbocycles. The van der Waals surface area contributed by atoms with Crippen molar-refractivity contribution in [1.82, 2.24) is 15.1 Å². The van der Waals surface area contributed by atoms with Crippen molar-refractivity contribution >= 4 is 5.91 Å². The second-order valence-electron chi connectivity index (χ2n) is 7.20. The van der Waals surface area contributed by atoms with Crippen LogP contribution in [0.2, 0.25) is 0 Å². The summed E-state index contributed by atoms with van der Waals surface area (Å²) in [5, 5.41) is 16.4. The molecule has 1 heterocycles. The largest absolute Gasteiger partial charge is 0.394 e. The molecule has 0 aliphatic heterocycles. The third-order valence-corrected chi connectivity index (χ3v) is 5.06. The van der Waals surface area contributed by atoms with E-state index in [0.717, 1.165) is 21.4 Å². The molecular formula is C23H24FN3O3. The lowest BCUT2D eigenvalue weighted by Gasteiger charge is -2.15. The average Bonchev–Trinajstić information content (AvgIpc) is 2.74. The molecule has 2 N–H and O–H groups in total. The van der Waals surface area contributed by atoms with E-state index in [2.05, 4.69) is 10.4 Å². The summed E-state index contributed by atoms with van der Waals surface area (Å²) in [6.07, 6.45) is 0.509. The van der Waals surface area contributed by atoms with E-state index in [0.29, 0.717) is 12.1 Å². The van der Waals surface area contributed by atoms with Gasteiger partial charge in [-0.1, -0.05) is 25.1 Å². The third kappa shape index (κ3) is 4.46. The SMILES string of the molecule is CCC(CO)NC(=O)c1cc(-c2ccc(C)c(C)c2)nn(-c2cccc(F)c2)c1=O. The van der Waals surface area contributed by atoms with Crippen molar-refractivity contribution in [1.29, 1.82) is 0 Å². The standard InChI is InChI=1S/C23H24FN3O3/c1-4-18(13-28)25-22(29)20-12-21(16-9-8-14(2)15(3)10-16)26-27(23(20)30)19-7-5-6-17(24)11-19/h5-12,18,28H,4,13H2,1-3H3,(H,25,29). The lowest BCUT2D eigenvalue weighted by atomic mass is 10.0. The number of nitrogens with one attached hydrogen (secondary N) is 1. The van der Waals surface area contributed by atoms with Crippen LogP contribution in [0.5, 0.6) is 0 Å². The first-order valence-electron chi connectivity index (χ1n) is 9.73. The van der Waals surface area contributed by atoms with Crippen LogP contribution in [-0.4, -0.2) is 33.4 Å². The molecule has 0 radical (unpaired) electrons. The highest BCUT2D eigenvalue weighted by Crippen LogP contribution is 2.21. The molecule has 1 atom stereocenters. The van der Waals surface area contributed by atoms with E-state index in [1.165, 1.54) is 24.3 Å². The molecule has 0 spiro atoms. The van der Waals surface area contributed by atoms with Gasteiger partial charge in [-0.15, -0.1) is 0 Å². The van der Waals surface area contributed by atoms with Crippen molar-refractivity contribution in [2.45, 2.75) is 33.2 Å². The second kappa shape index (κ2) is 9.00. The van der Waals surface area contributed by atoms with Gasteiger partial charge in [-0.25, -0.2) is 4.39 Å². The molecule has 7 heteroatoms. The molecule has 1 unspecified atom stereocenters. The smallest absolute Gasteiger partial charge is 0.284 e. The Morgan fingerprint density at radius 1 is 1.17 bits per heavy atom. The molecule has 0 fully saturated rings. The number of hydrogen-bond acceptors (Lipinski definition) is 4. The fourth-order valence-electron chi connectivity index (χ4n) is 3.02. The fourth-order valence-corrected chi connectivity index (χ4v) is 3.02. The number of halogens is 1. The number of aliphatic hydroxyl groups is 1. The van der Waals surface area contributed by atoms with Gasteiger partial charge >= 0.3 is 0 Å². The molecule has 3 aromatic rings. The molecule has 1 amide bonds. The van der Waals surface area contributed by atoms with Gasteiger partial charge in [0.15, 0.2) is 0 Å². The van der Waals surface area contributed by atoms with Crippen LogP contribution in [0.4, 0.5) is 4.39 Å². The number of benzene rings is 2. The van der Waals surface area contributed by atoms with Crippen LogP contribution in [-0.2, 0) is 0 Å². The maximum absolute atomic E-state index is 13.8. The van der Waals surface area contributed by atoms with Gasteiger partial charge in [0, 0.05) is 5.56 Å². The zero-order valence-electron chi connectivity index (χ0n) is 17.1. The van der Waals surface area contributed by atoms with Crippen molar-refractivity contribution < 1.29 is 14.3 Å². The molecule has 6 nitrogen and oxygen atoms in total. The molecule has 1 aromatic heterocycles. The van der Waals surface area contributed by atoms with Gasteiger partial charge in [-0.2, -0.15) is 9.78 Å². The molecule has 0 saturated carbocycles. The number of carbonyl (C=O) groups excluding carboxylic acids is 1. The van der Waals surface area contributed by atoms with Crippen LogP contribution < -0.4 is 10.9 Å². The first-order valence-corrected chi connectivity index (χ1v) is 9.73. The fraction of sp³-hybridized carbons (Fsp3) is 0.261. The Kier molecular flexibility index (Phi) is 6.42. The summed E-state index contributed by atoms with van der Waals surface area (Å²) in [5.41, 5.74) is 2.69. The molecular weight excluding hydrogens is 385 g/mol. The van der Waals surface area contributed by atoms with E-state index < -0.39 is 23.3 Å². The number of hydrogen-bond donors (Lipinski definition) is 2. The van der Waals surface area contributed by atoms with Crippen molar-refractivity contribution in [3.63, 3.8) is 0 Å². The maximum atomic E-state index is 13.8. The highest BCUT2D eigenvalue weighted by Gasteiger charge is 2.20. The van der Waals surface area contributed by atoms with Crippen molar-refractivity contribution in [3.05, 3.63) is 81.4 Å². The maximum Gasteiger partial charge on any atom is 0.284 e. The number of rotatable bonds is 6. The van der Waals surface area contributed by atoms with E-state index in [4.69, 9.17) is 0 Å². The number of aromatic nitrogens is 2. The predicted molar refractivity (Wildman–Crippen MR) is 113 cm³/mol. The van der Waals surface area contributed by atoms with Gasteiger partial charge < -0.3 is 10.4 Å². The first kappa shape index (κ1) is 21.4. The Balaban J connectivity index is 2.20. The summed E-state index contributed by atoms with van der Waals surface area (Å²) in [5.74, 6) is -1.13. The van der Waals surface area contributed by atoms with E-state index in [1.807, 2.05) is 39.0 Å². The number of nitrogens with zero attached hydrogens (tertiary/aromatic N) is 2. The van der Waals surface area contributed by atoms with Crippen LogP contribution >= 0.6 is 0 Å². The van der Waals surface area contributed by atoms with Gasteiger partial charge in [0.05, 0.1) is 24.0 Å². The molecule has 2 aromatic carbocycles. The Morgan fingerprint density at radius 3 is 2.57 bits per heavy atom. The van der Waals surface area contributed by atoms with Crippen LogP contribution in [0.1, 0.15) is 34.8 Å². The highest BCUT2D eigenvalue weighted by molar-refractivity contribution is 5.95. The Hall–Kier alpha value is -3.32. The van der Waals surface area contributed by atoms with Crippen LogP contribution in [0.15, 0.2) is 53.3 Å². The number of aryl methyl sites for hydroxylation is 2. The topological polar surface area (TPSA) is 84.2 Å². The van der Waals surface area contributed by atoms with Gasteiger partial charge in [-0.05, 0) is 61.7 Å². The van der Waals surface area contributed by atoms with Crippen LogP contribution in [0.25, 0.3) is 16.9 Å². The minimum atomic E-state index is -0.668. The quantitative estimate of drug-likeness (QED) is 0.655. The monoisotopic (exact) mass is 409 g/mol. The minimum Gasteiger partial charge on any atom is -0.394 e. The van der Waals surface area contributed by atoms with Gasteiger partial charge in [-0.3, -0.25) is 9.59 Å². The summed E-state index contributed by atoms with van der Waals surface area (Å²) >= 11 is 0. The molecule has 3 rings (SSSR count). The van der Waals surface area contributed by atoms with E-state index in [1.54, 1.807) is 6.07 Å². The number of amides is 1. The number of carbonyl (C=O) groups is 1. The van der Waals surface area contributed by atoms with Crippen molar-refractivity contribution in [2.24, 2.45) is 0 Å². The molecule has 0 saturated heterocycles. The molecule has 0 aliphatic rings. The van der Waals surface area contributed by atoms with Crippen molar-refractivity contribution in [2.75, 3.05) is 6.61 Å². The zero-order valence-corrected chi connectivity index (χ0v) is 17.1. The Bertz CT molecular complexity index is 1140. The minimum absolute atomic E-state index is 0.130. The average molecular weight is 409 g/mol. The van der Waals surface area contributed by atoms with Crippen LogP contribution in [0.3, 0.4) is 0 Å². The molecule has 156 valence electrons. The van der Waals surface area contributed by atoms with Gasteiger partial charge in [0.1, 0.15) is 11.4 Å². The van der Waals surface area contributed by atoms with E-state index in [-0.39, 0.29) is 17.9 Å². The van der Waals surface area contributed by atoms with Crippen LogP contribution in [0, 0.1) is 19.7 Å². The van der Waals surface area contributed by atoms with Gasteiger partial charge in [0.25, 0.3) is 11.5 Å². The zero-order chi connectivity index (χ0) is 21.8. The van der Waals surface area contributed by atoms with E-state index >= 15 is 0 Å². The lowest BCUT2D eigenvalue weighted by Crippen LogP contribution is -2.40. The summed E-state index contributed by atoms with van der Waals surface area (Å²) in [6, 6.07) is 12.1. The van der Waals surface area contributed by atoms with E-state index in [9.17, 15) is 19.1 Å². The Labute approximate surface area is 174 Å². The van der Waals surface area contributed by atoms with Crippen molar-refractivity contribution in [3.8, 4) is 16.9 Å². The lowest BCUT2D eigenvalue weighted by molar-refractivity contribution is 0.0913. The number of aliphatic hydroxyl groups excluding tert-OH is 1. The molecule has 0 bridgehead atoms. The Morgan fingerprint density at radius 2 is 1.93 bits per heavy atom. The first-order chi connectivity index (χ1) is 14.3. The second-order valence-corrected chi connectivity index (χ2v) is 7.20. The summed E-state index contributed by atoms with van der Waals surface area (Å²) in [7, 11) is 0. The third-order valence-electron chi connectivity index (χ3n) is 5.06. The highest BCUT2D eigenvalue weighted by atomic mass is 19.1. The summed E-state index contributed by atoms with van der Waals surface area (Å²) in [4.78, 5) is 25.9.